The summed E-state index contributed by atoms with van der Waals surface area (Å²) >= 11 is 0. The fourth-order valence-corrected chi connectivity index (χ4v) is 0.462. The van der Waals surface area contributed by atoms with Crippen molar-refractivity contribution in [3.8, 4) is 0 Å². The Labute approximate surface area is 76.0 Å². The molecule has 0 radical (unpaired) electrons. The average Bonchev–Trinajstić information content (AvgIpc) is 1.67. The molecule has 66 valence electrons. The highest BCUT2D eigenvalue weighted by Crippen LogP contribution is 1.89. The van der Waals surface area contributed by atoms with Crippen LogP contribution in [0.5, 0.6) is 0 Å². The van der Waals surface area contributed by atoms with Crippen LogP contribution in [0.3, 0.4) is 0 Å². The molecule has 0 atom stereocenters. The number of nitrogens with zero attached hydrogens (tertiary/aromatic N) is 1. The summed E-state index contributed by atoms with van der Waals surface area (Å²) in [4.78, 5) is 2.22. The smallest absolute Gasteiger partial charge is 0.0104 e. The lowest BCUT2D eigenvalue weighted by molar-refractivity contribution is 0.282. The van der Waals surface area contributed by atoms with E-state index in [2.05, 4.69) is 25.8 Å². The minimum Gasteiger partial charge on any atom is -0.329 e. The zero-order valence-electron chi connectivity index (χ0n) is 6.83. The van der Waals surface area contributed by atoms with Crippen molar-refractivity contribution in [3.63, 3.8) is 0 Å². The normalized spacial score (nSPS) is 9.00. The maximum atomic E-state index is 5.33. The Morgan fingerprint density at radius 2 is 1.70 bits per heavy atom. The van der Waals surface area contributed by atoms with Gasteiger partial charge in [0.05, 0.1) is 0 Å². The third kappa shape index (κ3) is 8.50. The van der Waals surface area contributed by atoms with E-state index in [0.29, 0.717) is 6.04 Å². The molecule has 2 N–H and O–H groups in total. The van der Waals surface area contributed by atoms with E-state index in [4.69, 9.17) is 5.73 Å². The van der Waals surface area contributed by atoms with Gasteiger partial charge in [0, 0.05) is 19.1 Å². The molecule has 0 aromatic carbocycles. The van der Waals surface area contributed by atoms with Crippen molar-refractivity contribution in [1.82, 2.24) is 4.90 Å². The number of hydrogen-bond acceptors (Lipinski definition) is 2. The molecule has 0 saturated heterocycles. The molecule has 0 aromatic rings. The second-order valence-electron chi connectivity index (χ2n) is 2.36. The van der Waals surface area contributed by atoms with Gasteiger partial charge in [0.15, 0.2) is 0 Å². The molecule has 0 unspecified atom stereocenters. The van der Waals surface area contributed by atoms with Crippen molar-refractivity contribution < 1.29 is 0 Å². The van der Waals surface area contributed by atoms with E-state index in [1.807, 2.05) is 0 Å². The van der Waals surface area contributed by atoms with Gasteiger partial charge in [-0.1, -0.05) is 0 Å². The summed E-state index contributed by atoms with van der Waals surface area (Å²) in [5.41, 5.74) is 5.33. The van der Waals surface area contributed by atoms with Gasteiger partial charge in [0.25, 0.3) is 0 Å². The number of hydrogen-bond donors (Lipinski definition) is 1. The van der Waals surface area contributed by atoms with Crippen LogP contribution < -0.4 is 5.73 Å². The molecular weight excluding hydrogens is 171 g/mol. The monoisotopic (exact) mass is 188 g/mol. The van der Waals surface area contributed by atoms with E-state index in [1.165, 1.54) is 0 Å². The van der Waals surface area contributed by atoms with Crippen LogP contribution in [0.15, 0.2) is 0 Å². The van der Waals surface area contributed by atoms with Crippen molar-refractivity contribution in [1.29, 1.82) is 0 Å². The summed E-state index contributed by atoms with van der Waals surface area (Å²) in [7, 11) is 2.08. The standard InChI is InChI=1S/C6H16N2.2ClH/c1-6(2)8(3)5-4-7;;/h6H,4-5,7H2,1-3H3;2*1H. The molecule has 0 amide bonds. The van der Waals surface area contributed by atoms with E-state index in [0.717, 1.165) is 13.1 Å². The van der Waals surface area contributed by atoms with Crippen LogP contribution in [-0.4, -0.2) is 31.1 Å². The van der Waals surface area contributed by atoms with E-state index in [-0.39, 0.29) is 24.8 Å². The molecule has 0 aliphatic heterocycles. The average molecular weight is 189 g/mol. The van der Waals surface area contributed by atoms with Gasteiger partial charge in [-0.25, -0.2) is 0 Å². The van der Waals surface area contributed by atoms with Gasteiger partial charge in [-0.15, -0.1) is 24.8 Å². The molecule has 0 spiro atoms. The molecular formula is C6H18Cl2N2. The van der Waals surface area contributed by atoms with E-state index >= 15 is 0 Å². The van der Waals surface area contributed by atoms with Crippen LogP contribution in [0, 0.1) is 0 Å². The van der Waals surface area contributed by atoms with E-state index < -0.39 is 0 Å². The minimum absolute atomic E-state index is 0. The summed E-state index contributed by atoms with van der Waals surface area (Å²) in [5, 5.41) is 0. The summed E-state index contributed by atoms with van der Waals surface area (Å²) in [6.45, 7) is 6.08. The molecule has 0 heterocycles. The summed E-state index contributed by atoms with van der Waals surface area (Å²) in [6.07, 6.45) is 0. The number of rotatable bonds is 3. The quantitative estimate of drug-likeness (QED) is 0.721. The van der Waals surface area contributed by atoms with Gasteiger partial charge in [0.2, 0.25) is 0 Å². The van der Waals surface area contributed by atoms with Crippen LogP contribution >= 0.6 is 24.8 Å². The summed E-state index contributed by atoms with van der Waals surface area (Å²) in [6, 6.07) is 0.624. The molecule has 0 aliphatic carbocycles. The SMILES string of the molecule is CC(C)N(C)CCN.Cl.Cl. The van der Waals surface area contributed by atoms with Crippen LogP contribution in [0.1, 0.15) is 13.8 Å². The lowest BCUT2D eigenvalue weighted by Gasteiger charge is -2.19. The topological polar surface area (TPSA) is 29.3 Å². The molecule has 0 aromatic heterocycles. The van der Waals surface area contributed by atoms with Crippen molar-refractivity contribution in [2.45, 2.75) is 19.9 Å². The van der Waals surface area contributed by atoms with E-state index in [1.54, 1.807) is 0 Å². The number of halogens is 2. The fraction of sp³-hybridized carbons (Fsp3) is 1.00. The van der Waals surface area contributed by atoms with Crippen molar-refractivity contribution >= 4 is 24.8 Å². The second-order valence-corrected chi connectivity index (χ2v) is 2.36. The predicted molar refractivity (Wildman–Crippen MR) is 51.3 cm³/mol. The first kappa shape index (κ1) is 16.8. The first-order valence-corrected chi connectivity index (χ1v) is 3.08. The predicted octanol–water partition coefficient (Wildman–Crippen LogP) is 1.13. The first-order valence-electron chi connectivity index (χ1n) is 3.08. The van der Waals surface area contributed by atoms with Gasteiger partial charge in [-0.05, 0) is 20.9 Å². The Bertz CT molecular complexity index is 59.7. The third-order valence-electron chi connectivity index (χ3n) is 1.36. The van der Waals surface area contributed by atoms with Crippen LogP contribution in [-0.2, 0) is 0 Å². The Hall–Kier alpha value is 0.500. The van der Waals surface area contributed by atoms with Crippen LogP contribution in [0.2, 0.25) is 0 Å². The molecule has 0 saturated carbocycles. The lowest BCUT2D eigenvalue weighted by atomic mass is 10.3. The highest BCUT2D eigenvalue weighted by atomic mass is 35.5. The fourth-order valence-electron chi connectivity index (χ4n) is 0.462. The van der Waals surface area contributed by atoms with Gasteiger partial charge >= 0.3 is 0 Å². The van der Waals surface area contributed by atoms with Gasteiger partial charge in [-0.3, -0.25) is 0 Å². The minimum atomic E-state index is 0. The van der Waals surface area contributed by atoms with Crippen LogP contribution in [0.25, 0.3) is 0 Å². The zero-order chi connectivity index (χ0) is 6.57. The van der Waals surface area contributed by atoms with Gasteiger partial charge < -0.3 is 10.6 Å². The van der Waals surface area contributed by atoms with Crippen molar-refractivity contribution in [2.75, 3.05) is 20.1 Å². The number of nitrogens with two attached hydrogens (primary N) is 1. The third-order valence-corrected chi connectivity index (χ3v) is 1.36. The molecule has 0 aliphatic rings. The summed E-state index contributed by atoms with van der Waals surface area (Å²) in [5.74, 6) is 0. The molecule has 4 heteroatoms. The molecule has 0 rings (SSSR count). The Morgan fingerprint density at radius 3 is 1.80 bits per heavy atom. The Balaban J connectivity index is -0.000000245. The molecule has 10 heavy (non-hydrogen) atoms. The maximum absolute atomic E-state index is 5.33. The molecule has 0 bridgehead atoms. The zero-order valence-corrected chi connectivity index (χ0v) is 8.47. The van der Waals surface area contributed by atoms with Gasteiger partial charge in [-0.2, -0.15) is 0 Å². The maximum Gasteiger partial charge on any atom is 0.0104 e. The highest BCUT2D eigenvalue weighted by molar-refractivity contribution is 5.85. The second kappa shape index (κ2) is 9.50. The Morgan fingerprint density at radius 1 is 1.30 bits per heavy atom. The number of likely N-dealkylation sites (N-methyl/N-ethyl adjacent to an activating group) is 1. The van der Waals surface area contributed by atoms with Crippen molar-refractivity contribution in [2.24, 2.45) is 5.73 Å². The molecule has 0 fully saturated rings. The largest absolute Gasteiger partial charge is 0.329 e. The van der Waals surface area contributed by atoms with Gasteiger partial charge in [0.1, 0.15) is 0 Å². The lowest BCUT2D eigenvalue weighted by Crippen LogP contribution is -2.31. The Kier molecular flexibility index (Phi) is 16.0. The molecule has 2 nitrogen and oxygen atoms in total. The highest BCUT2D eigenvalue weighted by Gasteiger charge is 1.98. The van der Waals surface area contributed by atoms with E-state index in [9.17, 15) is 0 Å². The van der Waals surface area contributed by atoms with Crippen molar-refractivity contribution in [3.05, 3.63) is 0 Å². The summed E-state index contributed by atoms with van der Waals surface area (Å²) < 4.78 is 0. The first-order chi connectivity index (χ1) is 3.68. The van der Waals surface area contributed by atoms with Crippen LogP contribution in [0.4, 0.5) is 0 Å².